The first-order chi connectivity index (χ1) is 8.82. The number of nitrogens with zero attached hydrogens (tertiary/aromatic N) is 2. The van der Waals surface area contributed by atoms with Crippen molar-refractivity contribution in [3.05, 3.63) is 11.7 Å². The van der Waals surface area contributed by atoms with E-state index in [4.69, 9.17) is 9.63 Å². The standard InChI is InChI=1S/C13H23N3O3/c1-9(8-17)14-10(18)6-5-7-11-15-12(16-19-11)13(2,3)4/h9,17H,5-8H2,1-4H3,(H,14,18). The van der Waals surface area contributed by atoms with E-state index >= 15 is 0 Å². The summed E-state index contributed by atoms with van der Waals surface area (Å²) in [7, 11) is 0. The van der Waals surface area contributed by atoms with Crippen molar-refractivity contribution in [1.82, 2.24) is 15.5 Å². The maximum absolute atomic E-state index is 11.5. The van der Waals surface area contributed by atoms with Gasteiger partial charge < -0.3 is 14.9 Å². The minimum Gasteiger partial charge on any atom is -0.394 e. The predicted molar refractivity (Wildman–Crippen MR) is 70.6 cm³/mol. The molecule has 1 aromatic rings. The summed E-state index contributed by atoms with van der Waals surface area (Å²) in [6, 6.07) is -0.205. The summed E-state index contributed by atoms with van der Waals surface area (Å²) < 4.78 is 5.14. The lowest BCUT2D eigenvalue weighted by Gasteiger charge is -2.11. The summed E-state index contributed by atoms with van der Waals surface area (Å²) >= 11 is 0. The Hall–Kier alpha value is -1.43. The Labute approximate surface area is 113 Å². The van der Waals surface area contributed by atoms with Gasteiger partial charge in [-0.25, -0.2) is 0 Å². The summed E-state index contributed by atoms with van der Waals surface area (Å²) in [5.74, 6) is 1.17. The average molecular weight is 269 g/mol. The molecule has 6 heteroatoms. The number of nitrogens with one attached hydrogen (secondary N) is 1. The normalized spacial score (nSPS) is 13.3. The number of carbonyl (C=O) groups is 1. The molecule has 0 saturated heterocycles. The third kappa shape index (κ3) is 5.38. The monoisotopic (exact) mass is 269 g/mol. The van der Waals surface area contributed by atoms with Gasteiger partial charge in [0.15, 0.2) is 5.82 Å². The van der Waals surface area contributed by atoms with Crippen LogP contribution in [0.5, 0.6) is 0 Å². The molecule has 108 valence electrons. The summed E-state index contributed by atoms with van der Waals surface area (Å²) in [4.78, 5) is 15.8. The number of carbonyl (C=O) groups excluding carboxylic acids is 1. The first-order valence-corrected chi connectivity index (χ1v) is 6.56. The van der Waals surface area contributed by atoms with E-state index in [1.165, 1.54) is 0 Å². The van der Waals surface area contributed by atoms with Crippen LogP contribution in [0.2, 0.25) is 0 Å². The number of hydrogen-bond acceptors (Lipinski definition) is 5. The Kier molecular flexibility index (Phi) is 5.47. The molecular weight excluding hydrogens is 246 g/mol. The highest BCUT2D eigenvalue weighted by Crippen LogP contribution is 2.18. The van der Waals surface area contributed by atoms with Gasteiger partial charge in [0.05, 0.1) is 6.61 Å². The zero-order valence-corrected chi connectivity index (χ0v) is 12.1. The maximum Gasteiger partial charge on any atom is 0.226 e. The topological polar surface area (TPSA) is 88.2 Å². The number of aromatic nitrogens is 2. The fraction of sp³-hybridized carbons (Fsp3) is 0.769. The van der Waals surface area contributed by atoms with E-state index < -0.39 is 0 Å². The molecule has 0 aliphatic heterocycles. The van der Waals surface area contributed by atoms with Crippen molar-refractivity contribution in [3.63, 3.8) is 0 Å². The molecular formula is C13H23N3O3. The Bertz CT molecular complexity index is 410. The molecule has 0 fully saturated rings. The second-order valence-electron chi connectivity index (χ2n) is 5.77. The van der Waals surface area contributed by atoms with Crippen LogP contribution in [-0.2, 0) is 16.6 Å². The van der Waals surface area contributed by atoms with Gasteiger partial charge in [0, 0.05) is 24.3 Å². The van der Waals surface area contributed by atoms with Crippen LogP contribution >= 0.6 is 0 Å². The molecule has 6 nitrogen and oxygen atoms in total. The average Bonchev–Trinajstić information content (AvgIpc) is 2.77. The SMILES string of the molecule is CC(CO)NC(=O)CCCc1nc(C(C)(C)C)no1. The molecule has 0 bridgehead atoms. The van der Waals surface area contributed by atoms with Crippen LogP contribution in [0.4, 0.5) is 0 Å². The van der Waals surface area contributed by atoms with Crippen molar-refractivity contribution in [2.24, 2.45) is 0 Å². The van der Waals surface area contributed by atoms with Crippen LogP contribution in [0.1, 0.15) is 52.3 Å². The maximum atomic E-state index is 11.5. The smallest absolute Gasteiger partial charge is 0.226 e. The number of rotatable bonds is 6. The van der Waals surface area contributed by atoms with Crippen LogP contribution in [0.25, 0.3) is 0 Å². The lowest BCUT2D eigenvalue weighted by molar-refractivity contribution is -0.122. The number of hydrogen-bond donors (Lipinski definition) is 2. The summed E-state index contributed by atoms with van der Waals surface area (Å²) in [5.41, 5.74) is -0.129. The van der Waals surface area contributed by atoms with Crippen LogP contribution in [0.15, 0.2) is 4.52 Å². The number of aryl methyl sites for hydroxylation is 1. The van der Waals surface area contributed by atoms with Gasteiger partial charge in [0.25, 0.3) is 0 Å². The lowest BCUT2D eigenvalue weighted by Crippen LogP contribution is -2.34. The molecule has 2 N–H and O–H groups in total. The Morgan fingerprint density at radius 1 is 1.47 bits per heavy atom. The van der Waals surface area contributed by atoms with Crippen LogP contribution in [0, 0.1) is 0 Å². The molecule has 1 rings (SSSR count). The van der Waals surface area contributed by atoms with E-state index in [0.717, 1.165) is 0 Å². The van der Waals surface area contributed by atoms with Crippen molar-refractivity contribution in [1.29, 1.82) is 0 Å². The van der Waals surface area contributed by atoms with Gasteiger partial charge >= 0.3 is 0 Å². The number of aliphatic hydroxyl groups excluding tert-OH is 1. The zero-order valence-electron chi connectivity index (χ0n) is 12.1. The molecule has 1 aromatic heterocycles. The van der Waals surface area contributed by atoms with E-state index in [-0.39, 0.29) is 24.0 Å². The summed E-state index contributed by atoms with van der Waals surface area (Å²) in [6.45, 7) is 7.76. The largest absolute Gasteiger partial charge is 0.394 e. The Morgan fingerprint density at radius 3 is 2.68 bits per heavy atom. The number of amides is 1. The van der Waals surface area contributed by atoms with Gasteiger partial charge in [0.1, 0.15) is 0 Å². The van der Waals surface area contributed by atoms with Gasteiger partial charge in [-0.2, -0.15) is 4.98 Å². The lowest BCUT2D eigenvalue weighted by atomic mass is 9.96. The second kappa shape index (κ2) is 6.65. The molecule has 0 aliphatic carbocycles. The van der Waals surface area contributed by atoms with Gasteiger partial charge in [-0.05, 0) is 13.3 Å². The molecule has 0 aliphatic rings. The zero-order chi connectivity index (χ0) is 14.5. The molecule has 0 aromatic carbocycles. The Morgan fingerprint density at radius 2 is 2.16 bits per heavy atom. The van der Waals surface area contributed by atoms with E-state index in [1.54, 1.807) is 6.92 Å². The fourth-order valence-corrected chi connectivity index (χ4v) is 1.45. The van der Waals surface area contributed by atoms with Gasteiger partial charge in [-0.1, -0.05) is 25.9 Å². The third-order valence-corrected chi connectivity index (χ3v) is 2.61. The molecule has 0 radical (unpaired) electrons. The summed E-state index contributed by atoms with van der Waals surface area (Å²) in [5, 5.41) is 15.4. The van der Waals surface area contributed by atoms with Gasteiger partial charge in [0.2, 0.25) is 11.8 Å². The van der Waals surface area contributed by atoms with E-state index in [9.17, 15) is 4.79 Å². The number of aliphatic hydroxyl groups is 1. The van der Waals surface area contributed by atoms with Crippen molar-refractivity contribution in [3.8, 4) is 0 Å². The minimum atomic E-state index is -0.205. The van der Waals surface area contributed by atoms with Crippen LogP contribution in [-0.4, -0.2) is 33.8 Å². The van der Waals surface area contributed by atoms with E-state index in [0.29, 0.717) is 31.0 Å². The minimum absolute atomic E-state index is 0.0512. The Balaban J connectivity index is 2.34. The summed E-state index contributed by atoms with van der Waals surface area (Å²) in [6.07, 6.45) is 1.62. The van der Waals surface area contributed by atoms with Gasteiger partial charge in [-0.3, -0.25) is 4.79 Å². The van der Waals surface area contributed by atoms with Gasteiger partial charge in [-0.15, -0.1) is 0 Å². The van der Waals surface area contributed by atoms with Crippen molar-refractivity contribution in [2.75, 3.05) is 6.61 Å². The third-order valence-electron chi connectivity index (χ3n) is 2.61. The van der Waals surface area contributed by atoms with E-state index in [2.05, 4.69) is 15.5 Å². The predicted octanol–water partition coefficient (Wildman–Crippen LogP) is 1.19. The van der Waals surface area contributed by atoms with Crippen molar-refractivity contribution >= 4 is 5.91 Å². The molecule has 1 heterocycles. The molecule has 1 unspecified atom stereocenters. The molecule has 0 saturated carbocycles. The van der Waals surface area contributed by atoms with Crippen molar-refractivity contribution < 1.29 is 14.4 Å². The highest BCUT2D eigenvalue weighted by molar-refractivity contribution is 5.76. The first kappa shape index (κ1) is 15.6. The molecule has 19 heavy (non-hydrogen) atoms. The first-order valence-electron chi connectivity index (χ1n) is 6.56. The highest BCUT2D eigenvalue weighted by Gasteiger charge is 2.20. The highest BCUT2D eigenvalue weighted by atomic mass is 16.5. The van der Waals surface area contributed by atoms with Crippen LogP contribution < -0.4 is 5.32 Å². The molecule has 1 atom stereocenters. The van der Waals surface area contributed by atoms with E-state index in [1.807, 2.05) is 20.8 Å². The molecule has 1 amide bonds. The second-order valence-corrected chi connectivity index (χ2v) is 5.77. The quantitative estimate of drug-likeness (QED) is 0.809. The van der Waals surface area contributed by atoms with Crippen LogP contribution in [0.3, 0.4) is 0 Å². The van der Waals surface area contributed by atoms with Crippen molar-refractivity contribution in [2.45, 2.75) is 58.4 Å². The fourth-order valence-electron chi connectivity index (χ4n) is 1.45. The molecule has 0 spiro atoms.